The van der Waals surface area contributed by atoms with Crippen LogP contribution in [0.5, 0.6) is 0 Å². The number of aromatic carboxylic acids is 1. The number of carbonyl (C=O) groups is 1. The van der Waals surface area contributed by atoms with Crippen molar-refractivity contribution in [3.63, 3.8) is 0 Å². The lowest BCUT2D eigenvalue weighted by Crippen LogP contribution is -2.10. The average molecular weight is 271 g/mol. The minimum atomic E-state index is -0.924. The summed E-state index contributed by atoms with van der Waals surface area (Å²) in [6.45, 7) is 0. The Kier molecular flexibility index (Phi) is 2.10. The summed E-state index contributed by atoms with van der Waals surface area (Å²) in [5.41, 5.74) is 4.98. The zero-order valence-corrected chi connectivity index (χ0v) is 10.8. The molecule has 3 heteroatoms. The lowest BCUT2D eigenvalue weighted by Gasteiger charge is -2.21. The highest BCUT2D eigenvalue weighted by Crippen LogP contribution is 2.57. The molecule has 4 rings (SSSR count). The molecule has 2 aliphatic rings. The second-order valence-corrected chi connectivity index (χ2v) is 5.61. The third kappa shape index (κ3) is 1.30. The van der Waals surface area contributed by atoms with E-state index < -0.39 is 5.97 Å². The van der Waals surface area contributed by atoms with Crippen LogP contribution in [0.2, 0.25) is 5.02 Å². The van der Waals surface area contributed by atoms with Crippen molar-refractivity contribution in [2.75, 3.05) is 0 Å². The number of halogens is 1. The Morgan fingerprint density at radius 2 is 1.74 bits per heavy atom. The van der Waals surface area contributed by atoms with Crippen LogP contribution in [0.15, 0.2) is 36.4 Å². The van der Waals surface area contributed by atoms with E-state index in [4.69, 9.17) is 11.6 Å². The minimum Gasteiger partial charge on any atom is -0.478 e. The normalized spacial score (nSPS) is 22.2. The van der Waals surface area contributed by atoms with Crippen LogP contribution in [0.1, 0.15) is 50.9 Å². The Labute approximate surface area is 115 Å². The number of carboxylic acid groups (broad SMARTS) is 1. The van der Waals surface area contributed by atoms with Crippen LogP contribution in [0.3, 0.4) is 0 Å². The fourth-order valence-corrected chi connectivity index (χ4v) is 3.95. The molecule has 0 spiro atoms. The van der Waals surface area contributed by atoms with Crippen LogP contribution in [0.25, 0.3) is 0 Å². The second kappa shape index (κ2) is 3.61. The Bertz CT molecular complexity index is 721. The number of carboxylic acids is 1. The van der Waals surface area contributed by atoms with Gasteiger partial charge in [0.25, 0.3) is 0 Å². The van der Waals surface area contributed by atoms with Crippen molar-refractivity contribution in [1.29, 1.82) is 0 Å². The molecule has 94 valence electrons. The standard InChI is InChI=1S/C16H11ClO2/c17-13-6-5-10-11-7-12(14(10)15(13)16(18)19)9-4-2-1-3-8(9)11/h1-6,11-12H,7H2,(H,18,19)/t11-,12-/m0/s1. The largest absolute Gasteiger partial charge is 0.478 e. The molecular formula is C16H11ClO2. The Morgan fingerprint density at radius 3 is 2.42 bits per heavy atom. The number of benzene rings is 2. The van der Waals surface area contributed by atoms with Crippen molar-refractivity contribution in [2.24, 2.45) is 0 Å². The van der Waals surface area contributed by atoms with E-state index >= 15 is 0 Å². The van der Waals surface area contributed by atoms with Crippen LogP contribution >= 0.6 is 11.6 Å². The Balaban J connectivity index is 2.02. The highest BCUT2D eigenvalue weighted by atomic mass is 35.5. The number of hydrogen-bond acceptors (Lipinski definition) is 1. The van der Waals surface area contributed by atoms with Crippen LogP contribution in [0, 0.1) is 0 Å². The van der Waals surface area contributed by atoms with Crippen molar-refractivity contribution in [3.8, 4) is 0 Å². The number of hydrogen-bond donors (Lipinski definition) is 1. The summed E-state index contributed by atoms with van der Waals surface area (Å²) >= 11 is 6.09. The smallest absolute Gasteiger partial charge is 0.337 e. The van der Waals surface area contributed by atoms with Crippen molar-refractivity contribution in [2.45, 2.75) is 18.3 Å². The van der Waals surface area contributed by atoms with E-state index in [1.807, 2.05) is 18.2 Å². The van der Waals surface area contributed by atoms with E-state index in [1.165, 1.54) is 11.1 Å². The molecule has 2 bridgehead atoms. The topological polar surface area (TPSA) is 37.3 Å². The predicted molar refractivity (Wildman–Crippen MR) is 73.2 cm³/mol. The van der Waals surface area contributed by atoms with Gasteiger partial charge < -0.3 is 5.11 Å². The third-order valence-electron chi connectivity index (χ3n) is 4.38. The van der Waals surface area contributed by atoms with Gasteiger partial charge in [-0.2, -0.15) is 0 Å². The van der Waals surface area contributed by atoms with E-state index in [0.29, 0.717) is 16.5 Å². The molecule has 2 aromatic carbocycles. The van der Waals surface area contributed by atoms with Crippen molar-refractivity contribution < 1.29 is 9.90 Å². The maximum Gasteiger partial charge on any atom is 0.337 e. The number of fused-ring (bicyclic) bond motifs is 8. The molecule has 0 aromatic heterocycles. The SMILES string of the molecule is O=C(O)c1c(Cl)ccc2c1[C@H]1C[C@H]2c2ccccc21. The van der Waals surface area contributed by atoms with Gasteiger partial charge in [0.2, 0.25) is 0 Å². The monoisotopic (exact) mass is 270 g/mol. The van der Waals surface area contributed by atoms with Crippen LogP contribution in [0.4, 0.5) is 0 Å². The maximum absolute atomic E-state index is 11.5. The molecule has 0 saturated heterocycles. The van der Waals surface area contributed by atoms with Gasteiger partial charge in [0, 0.05) is 11.8 Å². The van der Waals surface area contributed by atoms with E-state index in [-0.39, 0.29) is 5.92 Å². The third-order valence-corrected chi connectivity index (χ3v) is 4.70. The minimum absolute atomic E-state index is 0.195. The van der Waals surface area contributed by atoms with E-state index in [2.05, 4.69) is 12.1 Å². The highest BCUT2D eigenvalue weighted by Gasteiger charge is 2.43. The second-order valence-electron chi connectivity index (χ2n) is 5.20. The lowest BCUT2D eigenvalue weighted by atomic mass is 9.83. The van der Waals surface area contributed by atoms with Crippen molar-refractivity contribution in [1.82, 2.24) is 0 Å². The van der Waals surface area contributed by atoms with Gasteiger partial charge in [-0.05, 0) is 34.7 Å². The fourth-order valence-electron chi connectivity index (χ4n) is 3.71. The van der Waals surface area contributed by atoms with Gasteiger partial charge >= 0.3 is 5.97 Å². The average Bonchev–Trinajstić information content (AvgIpc) is 2.95. The van der Waals surface area contributed by atoms with Crippen LogP contribution < -0.4 is 0 Å². The summed E-state index contributed by atoms with van der Waals surface area (Å²) in [5, 5.41) is 9.77. The van der Waals surface area contributed by atoms with E-state index in [1.54, 1.807) is 6.07 Å². The quantitative estimate of drug-likeness (QED) is 0.850. The van der Waals surface area contributed by atoms with Crippen LogP contribution in [-0.4, -0.2) is 11.1 Å². The zero-order chi connectivity index (χ0) is 13.1. The maximum atomic E-state index is 11.5. The molecule has 2 aliphatic carbocycles. The molecule has 0 heterocycles. The van der Waals surface area contributed by atoms with Gasteiger partial charge in [-0.1, -0.05) is 41.9 Å². The van der Waals surface area contributed by atoms with Gasteiger partial charge in [-0.15, -0.1) is 0 Å². The molecule has 2 nitrogen and oxygen atoms in total. The molecule has 0 unspecified atom stereocenters. The van der Waals surface area contributed by atoms with Gasteiger partial charge in [-0.3, -0.25) is 0 Å². The van der Waals surface area contributed by atoms with E-state index in [0.717, 1.165) is 17.5 Å². The molecule has 1 N–H and O–H groups in total. The number of rotatable bonds is 1. The molecule has 0 amide bonds. The summed E-state index contributed by atoms with van der Waals surface area (Å²) in [6.07, 6.45) is 0.981. The van der Waals surface area contributed by atoms with Crippen LogP contribution in [-0.2, 0) is 0 Å². The van der Waals surface area contributed by atoms with Crippen molar-refractivity contribution in [3.05, 3.63) is 69.2 Å². The summed E-state index contributed by atoms with van der Waals surface area (Å²) in [5.74, 6) is -0.389. The summed E-state index contributed by atoms with van der Waals surface area (Å²) in [4.78, 5) is 11.5. The highest BCUT2D eigenvalue weighted by molar-refractivity contribution is 6.33. The molecule has 2 atom stereocenters. The van der Waals surface area contributed by atoms with Gasteiger partial charge in [0.15, 0.2) is 0 Å². The Hall–Kier alpha value is -1.80. The van der Waals surface area contributed by atoms with E-state index in [9.17, 15) is 9.90 Å². The fraction of sp³-hybridized carbons (Fsp3) is 0.188. The molecule has 19 heavy (non-hydrogen) atoms. The zero-order valence-electron chi connectivity index (χ0n) is 10.1. The van der Waals surface area contributed by atoms with Crippen molar-refractivity contribution >= 4 is 17.6 Å². The summed E-state index contributed by atoms with van der Waals surface area (Å²) in [7, 11) is 0. The first-order valence-electron chi connectivity index (χ1n) is 6.33. The Morgan fingerprint density at radius 1 is 1.05 bits per heavy atom. The molecule has 0 radical (unpaired) electrons. The first kappa shape index (κ1) is 11.1. The molecular weight excluding hydrogens is 260 g/mol. The van der Waals surface area contributed by atoms with Gasteiger partial charge in [-0.25, -0.2) is 4.79 Å². The van der Waals surface area contributed by atoms with Gasteiger partial charge in [0.05, 0.1) is 10.6 Å². The predicted octanol–water partition coefficient (Wildman–Crippen LogP) is 4.02. The molecule has 0 fully saturated rings. The summed E-state index contributed by atoms with van der Waals surface area (Å²) < 4.78 is 0. The molecule has 2 aromatic rings. The van der Waals surface area contributed by atoms with Gasteiger partial charge in [0.1, 0.15) is 0 Å². The lowest BCUT2D eigenvalue weighted by molar-refractivity contribution is 0.0695. The molecule has 0 aliphatic heterocycles. The summed E-state index contributed by atoms with van der Waals surface area (Å²) in [6, 6.07) is 12.0. The first-order chi connectivity index (χ1) is 9.18. The first-order valence-corrected chi connectivity index (χ1v) is 6.70. The molecule has 0 saturated carbocycles.